The number of amides is 1. The second kappa shape index (κ2) is 15.1. The van der Waals surface area contributed by atoms with Crippen LogP contribution in [0.4, 0.5) is 5.69 Å². The van der Waals surface area contributed by atoms with E-state index in [1.807, 2.05) is 36.4 Å². The Morgan fingerprint density at radius 3 is 1.83 bits per heavy atom. The lowest BCUT2D eigenvalue weighted by Crippen LogP contribution is -2.35. The lowest BCUT2D eigenvalue weighted by molar-refractivity contribution is 0.102. The van der Waals surface area contributed by atoms with Crippen LogP contribution in [0.1, 0.15) is 33.6 Å². The van der Waals surface area contributed by atoms with Crippen LogP contribution in [0.15, 0.2) is 97.1 Å². The number of benzene rings is 4. The number of carbonyl (C=O) groups is 2. The molecule has 0 bridgehead atoms. The van der Waals surface area contributed by atoms with Gasteiger partial charge < -0.3 is 24.4 Å². The predicted molar refractivity (Wildman–Crippen MR) is 167 cm³/mol. The van der Waals surface area contributed by atoms with E-state index in [4.69, 9.17) is 25.8 Å². The van der Waals surface area contributed by atoms with Crippen molar-refractivity contribution in [2.24, 2.45) is 0 Å². The fourth-order valence-corrected chi connectivity index (χ4v) is 4.59. The lowest BCUT2D eigenvalue weighted by atomic mass is 10.0. The summed E-state index contributed by atoms with van der Waals surface area (Å²) in [4.78, 5) is 25.5. The summed E-state index contributed by atoms with van der Waals surface area (Å²) in [5.41, 5.74) is 3.94. The maximum atomic E-state index is 12.5. The summed E-state index contributed by atoms with van der Waals surface area (Å²) < 4.78 is 16.2. The Morgan fingerprint density at radius 1 is 0.738 bits per heavy atom. The minimum atomic E-state index is -0.451. The van der Waals surface area contributed by atoms with Crippen LogP contribution < -0.4 is 19.5 Å². The fraction of sp³-hybridized carbons (Fsp3) is 0.235. The van der Waals surface area contributed by atoms with Crippen LogP contribution in [-0.4, -0.2) is 56.5 Å². The smallest absolute Gasteiger partial charge is 0.255 e. The first-order valence-corrected chi connectivity index (χ1v) is 14.1. The van der Waals surface area contributed by atoms with E-state index in [1.54, 1.807) is 62.8 Å². The Balaban J connectivity index is 0.000000310. The molecule has 1 N–H and O–H groups in total. The van der Waals surface area contributed by atoms with E-state index in [0.717, 1.165) is 54.2 Å². The average molecular weight is 587 g/mol. The van der Waals surface area contributed by atoms with Crippen molar-refractivity contribution in [2.45, 2.75) is 18.9 Å². The number of nitrogens with zero attached hydrogens (tertiary/aromatic N) is 1. The number of halogens is 1. The number of anilines is 1. The zero-order valence-corrected chi connectivity index (χ0v) is 24.8. The molecular formula is C34H35ClN2O5. The van der Waals surface area contributed by atoms with Gasteiger partial charge in [0.25, 0.3) is 11.1 Å². The van der Waals surface area contributed by atoms with Gasteiger partial charge in [0.2, 0.25) is 0 Å². The van der Waals surface area contributed by atoms with Crippen molar-refractivity contribution in [3.8, 4) is 28.4 Å². The number of rotatable bonds is 8. The maximum Gasteiger partial charge on any atom is 0.255 e. The third kappa shape index (κ3) is 8.83. The van der Waals surface area contributed by atoms with Crippen LogP contribution in [0.2, 0.25) is 0 Å². The molecule has 1 fully saturated rings. The minimum Gasteiger partial charge on any atom is -0.497 e. The minimum absolute atomic E-state index is 0.151. The quantitative estimate of drug-likeness (QED) is 0.221. The van der Waals surface area contributed by atoms with E-state index in [9.17, 15) is 9.59 Å². The molecule has 0 aromatic heterocycles. The van der Waals surface area contributed by atoms with Crippen LogP contribution in [0, 0.1) is 0 Å². The van der Waals surface area contributed by atoms with Crippen molar-refractivity contribution in [1.82, 2.24) is 4.90 Å². The fourth-order valence-electron chi connectivity index (χ4n) is 4.47. The third-order valence-corrected chi connectivity index (χ3v) is 7.16. The van der Waals surface area contributed by atoms with Crippen molar-refractivity contribution in [3.05, 3.63) is 108 Å². The standard InChI is InChI=1S/C26H28N2O3.C8H7ClO2/c1-28-16-14-25(15-17-28)31-24-12-6-19(7-13-24)21-4-3-5-22(18-21)27-26(29)20-8-10-23(30-2)11-9-20;1-11-7-4-2-6(3-5-7)8(9)10/h3-13,18,25H,14-17H2,1-2H3,(H,27,29);2-5H,1H3. The van der Waals surface area contributed by atoms with Crippen LogP contribution in [0.25, 0.3) is 11.1 Å². The van der Waals surface area contributed by atoms with Gasteiger partial charge in [-0.1, -0.05) is 24.3 Å². The summed E-state index contributed by atoms with van der Waals surface area (Å²) in [7, 11) is 5.32. The van der Waals surface area contributed by atoms with Crippen molar-refractivity contribution < 1.29 is 23.8 Å². The van der Waals surface area contributed by atoms with Crippen LogP contribution in [0.3, 0.4) is 0 Å². The molecule has 218 valence electrons. The molecule has 8 heteroatoms. The molecule has 0 saturated carbocycles. The van der Waals surface area contributed by atoms with Crippen LogP contribution in [-0.2, 0) is 0 Å². The lowest BCUT2D eigenvalue weighted by Gasteiger charge is -2.29. The molecule has 1 amide bonds. The molecule has 42 heavy (non-hydrogen) atoms. The highest BCUT2D eigenvalue weighted by Gasteiger charge is 2.18. The molecule has 5 rings (SSSR count). The Morgan fingerprint density at radius 2 is 1.29 bits per heavy atom. The van der Waals surface area contributed by atoms with E-state index in [1.165, 1.54) is 0 Å². The molecule has 1 aliphatic rings. The van der Waals surface area contributed by atoms with Crippen molar-refractivity contribution in [3.63, 3.8) is 0 Å². The van der Waals surface area contributed by atoms with Gasteiger partial charge in [0, 0.05) is 29.9 Å². The second-order valence-electron chi connectivity index (χ2n) is 9.91. The first-order chi connectivity index (χ1) is 20.3. The number of carbonyl (C=O) groups excluding carboxylic acids is 2. The number of hydrogen-bond acceptors (Lipinski definition) is 6. The maximum absolute atomic E-state index is 12.5. The Labute approximate surface area is 252 Å². The van der Waals surface area contributed by atoms with Gasteiger partial charge in [-0.15, -0.1) is 0 Å². The molecular weight excluding hydrogens is 552 g/mol. The predicted octanol–water partition coefficient (Wildman–Crippen LogP) is 7.16. The van der Waals surface area contributed by atoms with Gasteiger partial charge in [0.15, 0.2) is 0 Å². The van der Waals surface area contributed by atoms with Gasteiger partial charge in [0.1, 0.15) is 23.4 Å². The van der Waals surface area contributed by atoms with Gasteiger partial charge in [-0.05, 0) is 115 Å². The monoisotopic (exact) mass is 586 g/mol. The molecule has 4 aromatic carbocycles. The molecule has 7 nitrogen and oxygen atoms in total. The highest BCUT2D eigenvalue weighted by atomic mass is 35.5. The Hall–Kier alpha value is -4.33. The van der Waals surface area contributed by atoms with E-state index >= 15 is 0 Å². The van der Waals surface area contributed by atoms with Gasteiger partial charge in [-0.2, -0.15) is 0 Å². The molecule has 1 heterocycles. The van der Waals surface area contributed by atoms with E-state index in [2.05, 4.69) is 29.4 Å². The highest BCUT2D eigenvalue weighted by Crippen LogP contribution is 2.27. The second-order valence-corrected chi connectivity index (χ2v) is 10.3. The zero-order chi connectivity index (χ0) is 29.9. The van der Waals surface area contributed by atoms with Crippen molar-refractivity contribution in [2.75, 3.05) is 39.7 Å². The molecule has 1 saturated heterocycles. The number of nitrogens with one attached hydrogen (secondary N) is 1. The Bertz CT molecular complexity index is 1450. The van der Waals surface area contributed by atoms with E-state index in [-0.39, 0.29) is 5.91 Å². The summed E-state index contributed by atoms with van der Waals surface area (Å²) in [6.07, 6.45) is 2.42. The van der Waals surface area contributed by atoms with Gasteiger partial charge in [-0.3, -0.25) is 9.59 Å². The third-order valence-electron chi connectivity index (χ3n) is 6.95. The van der Waals surface area contributed by atoms with Crippen LogP contribution >= 0.6 is 11.6 Å². The summed E-state index contributed by atoms with van der Waals surface area (Å²) in [6, 6.07) is 29.7. The average Bonchev–Trinajstić information content (AvgIpc) is 3.03. The molecule has 0 unspecified atom stereocenters. The van der Waals surface area contributed by atoms with Crippen molar-refractivity contribution >= 4 is 28.4 Å². The summed E-state index contributed by atoms with van der Waals surface area (Å²) in [6.45, 7) is 2.16. The molecule has 0 aliphatic carbocycles. The summed E-state index contributed by atoms with van der Waals surface area (Å²) in [5, 5.41) is 2.52. The van der Waals surface area contributed by atoms with Gasteiger partial charge in [0.05, 0.1) is 14.2 Å². The number of methoxy groups -OCH3 is 2. The van der Waals surface area contributed by atoms with Crippen molar-refractivity contribution in [1.29, 1.82) is 0 Å². The van der Waals surface area contributed by atoms with E-state index in [0.29, 0.717) is 23.0 Å². The normalized spacial score (nSPS) is 13.3. The molecule has 0 atom stereocenters. The number of hydrogen-bond donors (Lipinski definition) is 1. The summed E-state index contributed by atoms with van der Waals surface area (Å²) in [5.74, 6) is 2.19. The number of piperidine rings is 1. The van der Waals surface area contributed by atoms with Gasteiger partial charge >= 0.3 is 0 Å². The SMILES string of the molecule is COc1ccc(C(=O)Cl)cc1.COc1ccc(C(=O)Nc2cccc(-c3ccc(OC4CCN(C)CC4)cc3)c2)cc1. The highest BCUT2D eigenvalue weighted by molar-refractivity contribution is 6.67. The first kappa shape index (κ1) is 30.6. The number of ether oxygens (including phenoxy) is 3. The van der Waals surface area contributed by atoms with Crippen LogP contribution in [0.5, 0.6) is 17.2 Å². The molecule has 0 radical (unpaired) electrons. The molecule has 1 aliphatic heterocycles. The topological polar surface area (TPSA) is 77.1 Å². The summed E-state index contributed by atoms with van der Waals surface area (Å²) >= 11 is 5.22. The zero-order valence-electron chi connectivity index (χ0n) is 24.0. The molecule has 4 aromatic rings. The first-order valence-electron chi connectivity index (χ1n) is 13.7. The number of likely N-dealkylation sites (tertiary alicyclic amines) is 1. The van der Waals surface area contributed by atoms with Gasteiger partial charge in [-0.25, -0.2) is 0 Å². The molecule has 0 spiro atoms. The van der Waals surface area contributed by atoms with E-state index < -0.39 is 5.24 Å². The Kier molecular flexibility index (Phi) is 11.0. The largest absolute Gasteiger partial charge is 0.497 e.